The van der Waals surface area contributed by atoms with Gasteiger partial charge in [-0.3, -0.25) is 9.59 Å². The number of aromatic nitrogens is 1. The molecule has 0 radical (unpaired) electrons. The van der Waals surface area contributed by atoms with Gasteiger partial charge in [0, 0.05) is 11.8 Å². The Balaban J connectivity index is 2.17. The topological polar surface area (TPSA) is 62.0 Å². The van der Waals surface area contributed by atoms with Crippen LogP contribution in [-0.4, -0.2) is 17.2 Å². The predicted octanol–water partition coefficient (Wildman–Crippen LogP) is 2.73. The summed E-state index contributed by atoms with van der Waals surface area (Å²) in [6.07, 6.45) is 2.14. The summed E-state index contributed by atoms with van der Waals surface area (Å²) in [6.45, 7) is 0. The first-order valence-electron chi connectivity index (χ1n) is 4.90. The lowest BCUT2D eigenvalue weighted by molar-refractivity contribution is 0.102. The van der Waals surface area contributed by atoms with Gasteiger partial charge in [0.25, 0.3) is 5.91 Å². The highest BCUT2D eigenvalue weighted by Gasteiger charge is 2.09. The van der Waals surface area contributed by atoms with Crippen LogP contribution in [0.3, 0.4) is 0 Å². The number of aldehydes is 1. The zero-order valence-corrected chi connectivity index (χ0v) is 9.49. The Bertz CT molecular complexity index is 563. The minimum atomic E-state index is -0.341. The Kier molecular flexibility index (Phi) is 3.25. The molecule has 1 aromatic heterocycles. The van der Waals surface area contributed by atoms with Gasteiger partial charge >= 0.3 is 0 Å². The molecule has 2 rings (SSSR count). The van der Waals surface area contributed by atoms with Crippen LogP contribution in [0.4, 0.5) is 5.69 Å². The third-order valence-corrected chi connectivity index (χ3v) is 2.54. The van der Waals surface area contributed by atoms with Crippen LogP contribution in [0.15, 0.2) is 36.5 Å². The van der Waals surface area contributed by atoms with Crippen LogP contribution in [0.2, 0.25) is 5.02 Å². The van der Waals surface area contributed by atoms with Crippen molar-refractivity contribution < 1.29 is 9.59 Å². The molecule has 2 aromatic rings. The van der Waals surface area contributed by atoms with Crippen LogP contribution in [0.25, 0.3) is 0 Å². The van der Waals surface area contributed by atoms with E-state index in [1.165, 1.54) is 12.3 Å². The highest BCUT2D eigenvalue weighted by molar-refractivity contribution is 6.33. The summed E-state index contributed by atoms with van der Waals surface area (Å²) in [5.74, 6) is -0.341. The fraction of sp³-hybridized carbons (Fsp3) is 0. The molecule has 0 atom stereocenters. The number of amides is 1. The Morgan fingerprint density at radius 1 is 1.35 bits per heavy atom. The van der Waals surface area contributed by atoms with Crippen molar-refractivity contribution in [2.24, 2.45) is 0 Å². The molecule has 1 heterocycles. The van der Waals surface area contributed by atoms with Gasteiger partial charge in [0.05, 0.1) is 10.7 Å². The number of hydrogen-bond donors (Lipinski definition) is 2. The van der Waals surface area contributed by atoms with Gasteiger partial charge in [-0.25, -0.2) is 0 Å². The highest BCUT2D eigenvalue weighted by Crippen LogP contribution is 2.20. The number of carbonyl (C=O) groups is 2. The molecular formula is C12H9ClN2O2. The summed E-state index contributed by atoms with van der Waals surface area (Å²) < 4.78 is 0. The number of anilines is 1. The normalized spacial score (nSPS) is 9.94. The van der Waals surface area contributed by atoms with E-state index in [9.17, 15) is 9.59 Å². The molecular weight excluding hydrogens is 240 g/mol. The van der Waals surface area contributed by atoms with Gasteiger partial charge in [0.15, 0.2) is 6.29 Å². The van der Waals surface area contributed by atoms with Crippen LogP contribution < -0.4 is 5.32 Å². The van der Waals surface area contributed by atoms with E-state index in [1.807, 2.05) is 0 Å². The number of para-hydroxylation sites is 1. The van der Waals surface area contributed by atoms with Gasteiger partial charge in [0.2, 0.25) is 0 Å². The van der Waals surface area contributed by atoms with E-state index >= 15 is 0 Å². The van der Waals surface area contributed by atoms with Crippen LogP contribution >= 0.6 is 11.6 Å². The maximum atomic E-state index is 11.8. The van der Waals surface area contributed by atoms with Gasteiger partial charge in [-0.1, -0.05) is 23.7 Å². The summed E-state index contributed by atoms with van der Waals surface area (Å²) in [6, 6.07) is 8.40. The molecule has 0 aliphatic carbocycles. The van der Waals surface area contributed by atoms with E-state index in [2.05, 4.69) is 10.3 Å². The van der Waals surface area contributed by atoms with Crippen molar-refractivity contribution in [2.45, 2.75) is 0 Å². The lowest BCUT2D eigenvalue weighted by Gasteiger charge is -2.05. The SMILES string of the molecule is O=Cc1c[nH]c(C(=O)Nc2ccccc2Cl)c1. The van der Waals surface area contributed by atoms with E-state index in [1.54, 1.807) is 24.3 Å². The standard InChI is InChI=1S/C12H9ClN2O2/c13-9-3-1-2-4-10(9)15-12(17)11-5-8(7-16)6-14-11/h1-7,14H,(H,15,17). The molecule has 0 bridgehead atoms. The number of rotatable bonds is 3. The van der Waals surface area contributed by atoms with Gasteiger partial charge in [0.1, 0.15) is 5.69 Å². The van der Waals surface area contributed by atoms with Crippen molar-refractivity contribution in [1.82, 2.24) is 4.98 Å². The number of benzene rings is 1. The average molecular weight is 249 g/mol. The predicted molar refractivity (Wildman–Crippen MR) is 65.6 cm³/mol. The van der Waals surface area contributed by atoms with Crippen molar-refractivity contribution in [3.05, 3.63) is 52.8 Å². The van der Waals surface area contributed by atoms with Crippen molar-refractivity contribution in [3.63, 3.8) is 0 Å². The second-order valence-electron chi connectivity index (χ2n) is 3.40. The monoisotopic (exact) mass is 248 g/mol. The largest absolute Gasteiger partial charge is 0.356 e. The van der Waals surface area contributed by atoms with E-state index in [0.29, 0.717) is 28.3 Å². The molecule has 1 amide bonds. The number of carbonyl (C=O) groups excluding carboxylic acids is 2. The van der Waals surface area contributed by atoms with E-state index in [0.717, 1.165) is 0 Å². The van der Waals surface area contributed by atoms with Crippen molar-refractivity contribution in [1.29, 1.82) is 0 Å². The van der Waals surface area contributed by atoms with Gasteiger partial charge < -0.3 is 10.3 Å². The van der Waals surface area contributed by atoms with Crippen LogP contribution in [0, 0.1) is 0 Å². The molecule has 0 saturated carbocycles. The van der Waals surface area contributed by atoms with Crippen LogP contribution in [-0.2, 0) is 0 Å². The Morgan fingerprint density at radius 2 is 2.12 bits per heavy atom. The summed E-state index contributed by atoms with van der Waals surface area (Å²) in [5, 5.41) is 3.11. The number of halogens is 1. The second-order valence-corrected chi connectivity index (χ2v) is 3.81. The molecule has 17 heavy (non-hydrogen) atoms. The maximum absolute atomic E-state index is 11.8. The zero-order chi connectivity index (χ0) is 12.3. The van der Waals surface area contributed by atoms with E-state index in [-0.39, 0.29) is 5.91 Å². The molecule has 0 saturated heterocycles. The molecule has 0 aliphatic rings. The van der Waals surface area contributed by atoms with Crippen LogP contribution in [0.1, 0.15) is 20.8 Å². The average Bonchev–Trinajstić information content (AvgIpc) is 2.81. The molecule has 5 heteroatoms. The maximum Gasteiger partial charge on any atom is 0.272 e. The number of nitrogens with one attached hydrogen (secondary N) is 2. The molecule has 0 fully saturated rings. The summed E-state index contributed by atoms with van der Waals surface area (Å²) in [7, 11) is 0. The number of H-pyrrole nitrogens is 1. The number of hydrogen-bond acceptors (Lipinski definition) is 2. The lowest BCUT2D eigenvalue weighted by atomic mass is 10.3. The third-order valence-electron chi connectivity index (χ3n) is 2.21. The summed E-state index contributed by atoms with van der Waals surface area (Å²) in [5.41, 5.74) is 1.27. The molecule has 2 N–H and O–H groups in total. The molecule has 4 nitrogen and oxygen atoms in total. The Hall–Kier alpha value is -2.07. The number of aromatic amines is 1. The summed E-state index contributed by atoms with van der Waals surface area (Å²) >= 11 is 5.91. The minimum Gasteiger partial charge on any atom is -0.356 e. The second kappa shape index (κ2) is 4.84. The fourth-order valence-electron chi connectivity index (χ4n) is 1.36. The molecule has 86 valence electrons. The minimum absolute atomic E-state index is 0.312. The zero-order valence-electron chi connectivity index (χ0n) is 8.74. The fourth-order valence-corrected chi connectivity index (χ4v) is 1.55. The molecule has 1 aromatic carbocycles. The molecule has 0 spiro atoms. The van der Waals surface area contributed by atoms with Gasteiger partial charge in [-0.2, -0.15) is 0 Å². The highest BCUT2D eigenvalue weighted by atomic mass is 35.5. The lowest BCUT2D eigenvalue weighted by Crippen LogP contribution is -2.12. The van der Waals surface area contributed by atoms with Gasteiger partial charge in [-0.15, -0.1) is 0 Å². The van der Waals surface area contributed by atoms with E-state index < -0.39 is 0 Å². The first kappa shape index (κ1) is 11.4. The first-order chi connectivity index (χ1) is 8.20. The van der Waals surface area contributed by atoms with Crippen LogP contribution in [0.5, 0.6) is 0 Å². The van der Waals surface area contributed by atoms with Gasteiger partial charge in [-0.05, 0) is 18.2 Å². The van der Waals surface area contributed by atoms with Crippen molar-refractivity contribution >= 4 is 29.5 Å². The van der Waals surface area contributed by atoms with Crippen molar-refractivity contribution in [2.75, 3.05) is 5.32 Å². The third kappa shape index (κ3) is 2.54. The first-order valence-corrected chi connectivity index (χ1v) is 5.28. The quantitative estimate of drug-likeness (QED) is 0.821. The van der Waals surface area contributed by atoms with E-state index in [4.69, 9.17) is 11.6 Å². The smallest absolute Gasteiger partial charge is 0.272 e. The molecule has 0 aliphatic heterocycles. The molecule has 0 unspecified atom stereocenters. The van der Waals surface area contributed by atoms with Crippen molar-refractivity contribution in [3.8, 4) is 0 Å². The Morgan fingerprint density at radius 3 is 2.76 bits per heavy atom. The Labute approximate surface area is 103 Å². The summed E-state index contributed by atoms with van der Waals surface area (Å²) in [4.78, 5) is 25.0.